The highest BCUT2D eigenvalue weighted by atomic mass is 32.1. The van der Waals surface area contributed by atoms with Crippen molar-refractivity contribution in [3.63, 3.8) is 0 Å². The molecule has 3 rings (SSSR count). The molecular weight excluding hydrogens is 296 g/mol. The molecule has 0 unspecified atom stereocenters. The third-order valence-corrected chi connectivity index (χ3v) is 4.78. The fraction of sp³-hybridized carbons (Fsp3) is 0.294. The standard InChI is InChI=1S/C17H18N2O2S/c1-11-5-6-12(2)14(8-11)18-16(20)13-9-19(10-13)17(21)15-4-3-7-22-15/h3-8,13H,9-10H2,1-2H3,(H,18,20). The first-order valence-electron chi connectivity index (χ1n) is 7.25. The number of thiophene rings is 1. The van der Waals surface area contributed by atoms with Gasteiger partial charge in [0, 0.05) is 18.8 Å². The fourth-order valence-electron chi connectivity index (χ4n) is 2.47. The number of carbonyl (C=O) groups is 2. The summed E-state index contributed by atoms with van der Waals surface area (Å²) in [7, 11) is 0. The van der Waals surface area contributed by atoms with E-state index >= 15 is 0 Å². The summed E-state index contributed by atoms with van der Waals surface area (Å²) in [4.78, 5) is 26.8. The number of hydrogen-bond acceptors (Lipinski definition) is 3. The number of hydrogen-bond donors (Lipinski definition) is 1. The zero-order valence-corrected chi connectivity index (χ0v) is 13.4. The normalized spacial score (nSPS) is 14.5. The smallest absolute Gasteiger partial charge is 0.263 e. The van der Waals surface area contributed by atoms with Gasteiger partial charge in [-0.1, -0.05) is 18.2 Å². The summed E-state index contributed by atoms with van der Waals surface area (Å²) in [5, 5.41) is 4.86. The van der Waals surface area contributed by atoms with E-state index in [1.807, 2.05) is 49.6 Å². The second-order valence-corrected chi connectivity index (χ2v) is 6.64. The number of anilines is 1. The number of nitrogens with one attached hydrogen (secondary N) is 1. The van der Waals surface area contributed by atoms with Gasteiger partial charge in [-0.3, -0.25) is 9.59 Å². The molecule has 22 heavy (non-hydrogen) atoms. The maximum absolute atomic E-state index is 12.3. The monoisotopic (exact) mass is 314 g/mol. The molecule has 1 N–H and O–H groups in total. The van der Waals surface area contributed by atoms with Crippen molar-refractivity contribution in [2.45, 2.75) is 13.8 Å². The minimum absolute atomic E-state index is 0.0103. The maximum atomic E-state index is 12.3. The molecule has 2 amide bonds. The molecule has 5 heteroatoms. The maximum Gasteiger partial charge on any atom is 0.263 e. The lowest BCUT2D eigenvalue weighted by atomic mass is 9.98. The van der Waals surface area contributed by atoms with E-state index in [0.717, 1.165) is 21.7 Å². The molecule has 114 valence electrons. The van der Waals surface area contributed by atoms with E-state index in [1.54, 1.807) is 4.90 Å². The van der Waals surface area contributed by atoms with Crippen molar-refractivity contribution in [3.05, 3.63) is 51.7 Å². The third-order valence-electron chi connectivity index (χ3n) is 3.92. The minimum Gasteiger partial charge on any atom is -0.336 e. The highest BCUT2D eigenvalue weighted by molar-refractivity contribution is 7.12. The first-order chi connectivity index (χ1) is 10.5. The Kier molecular flexibility index (Phi) is 3.98. The average Bonchev–Trinajstić information content (AvgIpc) is 2.95. The summed E-state index contributed by atoms with van der Waals surface area (Å²) in [5.41, 5.74) is 3.02. The molecule has 2 heterocycles. The Balaban J connectivity index is 1.57. The van der Waals surface area contributed by atoms with Crippen LogP contribution in [0, 0.1) is 19.8 Å². The number of aryl methyl sites for hydroxylation is 2. The third kappa shape index (κ3) is 2.90. The largest absolute Gasteiger partial charge is 0.336 e. The Bertz CT molecular complexity index is 703. The van der Waals surface area contributed by atoms with Gasteiger partial charge in [-0.25, -0.2) is 0 Å². The second-order valence-electron chi connectivity index (χ2n) is 5.69. The van der Waals surface area contributed by atoms with E-state index < -0.39 is 0 Å². The van der Waals surface area contributed by atoms with Gasteiger partial charge in [-0.2, -0.15) is 0 Å². The van der Waals surface area contributed by atoms with Gasteiger partial charge in [0.15, 0.2) is 0 Å². The van der Waals surface area contributed by atoms with Crippen LogP contribution in [-0.4, -0.2) is 29.8 Å². The van der Waals surface area contributed by atoms with E-state index in [1.165, 1.54) is 11.3 Å². The Morgan fingerprint density at radius 1 is 1.23 bits per heavy atom. The lowest BCUT2D eigenvalue weighted by Gasteiger charge is -2.38. The molecule has 0 aliphatic carbocycles. The molecular formula is C17H18N2O2S. The number of nitrogens with zero attached hydrogens (tertiary/aromatic N) is 1. The minimum atomic E-state index is -0.121. The Labute approximate surface area is 133 Å². The number of carbonyl (C=O) groups excluding carboxylic acids is 2. The molecule has 1 aliphatic heterocycles. The molecule has 0 spiro atoms. The predicted octanol–water partition coefficient (Wildman–Crippen LogP) is 3.08. The number of benzene rings is 1. The van der Waals surface area contributed by atoms with Crippen molar-refractivity contribution in [2.24, 2.45) is 5.92 Å². The van der Waals surface area contributed by atoms with Gasteiger partial charge in [-0.15, -0.1) is 11.3 Å². The summed E-state index contributed by atoms with van der Waals surface area (Å²) in [5.74, 6) is -0.112. The van der Waals surface area contributed by atoms with Gasteiger partial charge in [0.2, 0.25) is 5.91 Å². The second kappa shape index (κ2) is 5.93. The van der Waals surface area contributed by atoms with Crippen molar-refractivity contribution < 1.29 is 9.59 Å². The van der Waals surface area contributed by atoms with Crippen molar-refractivity contribution in [3.8, 4) is 0 Å². The van der Waals surface area contributed by atoms with Crippen molar-refractivity contribution in [1.82, 2.24) is 4.90 Å². The SMILES string of the molecule is Cc1ccc(C)c(NC(=O)C2CN(C(=O)c3cccs3)C2)c1. The highest BCUT2D eigenvalue weighted by Crippen LogP contribution is 2.23. The first-order valence-corrected chi connectivity index (χ1v) is 8.13. The van der Waals surface area contributed by atoms with E-state index in [9.17, 15) is 9.59 Å². The molecule has 1 saturated heterocycles. The van der Waals surface area contributed by atoms with Crippen molar-refractivity contribution in [2.75, 3.05) is 18.4 Å². The molecule has 0 saturated carbocycles. The lowest BCUT2D eigenvalue weighted by molar-refractivity contribution is -0.123. The molecule has 0 atom stereocenters. The Hall–Kier alpha value is -2.14. The van der Waals surface area contributed by atoms with Crippen LogP contribution in [0.5, 0.6) is 0 Å². The van der Waals surface area contributed by atoms with E-state index in [2.05, 4.69) is 5.32 Å². The fourth-order valence-corrected chi connectivity index (χ4v) is 3.16. The molecule has 1 aliphatic rings. The van der Waals surface area contributed by atoms with Crippen LogP contribution in [0.3, 0.4) is 0 Å². The molecule has 1 fully saturated rings. The first kappa shape index (κ1) is 14.8. The molecule has 1 aromatic carbocycles. The number of rotatable bonds is 3. The van der Waals surface area contributed by atoms with Crippen molar-refractivity contribution in [1.29, 1.82) is 0 Å². The molecule has 0 bridgehead atoms. The topological polar surface area (TPSA) is 49.4 Å². The summed E-state index contributed by atoms with van der Waals surface area (Å²) >= 11 is 1.43. The van der Waals surface area contributed by atoms with Gasteiger partial charge in [-0.05, 0) is 42.5 Å². The van der Waals surface area contributed by atoms with Gasteiger partial charge in [0.25, 0.3) is 5.91 Å². The molecule has 4 nitrogen and oxygen atoms in total. The van der Waals surface area contributed by atoms with Crippen LogP contribution >= 0.6 is 11.3 Å². The average molecular weight is 314 g/mol. The van der Waals surface area contributed by atoms with Gasteiger partial charge in [0.1, 0.15) is 0 Å². The van der Waals surface area contributed by atoms with Crippen molar-refractivity contribution >= 4 is 28.8 Å². The number of amides is 2. The molecule has 1 aromatic heterocycles. The zero-order valence-electron chi connectivity index (χ0n) is 12.6. The van der Waals surface area contributed by atoms with Crippen LogP contribution in [0.2, 0.25) is 0 Å². The van der Waals surface area contributed by atoms with Crippen LogP contribution in [0.4, 0.5) is 5.69 Å². The summed E-state index contributed by atoms with van der Waals surface area (Å²) in [6.45, 7) is 4.96. The van der Waals surface area contributed by atoms with Crippen LogP contribution in [0.1, 0.15) is 20.8 Å². The Morgan fingerprint density at radius 3 is 2.68 bits per heavy atom. The lowest BCUT2D eigenvalue weighted by Crippen LogP contribution is -2.54. The van der Waals surface area contributed by atoms with Gasteiger partial charge < -0.3 is 10.2 Å². The summed E-state index contributed by atoms with van der Waals surface area (Å²) in [6.07, 6.45) is 0. The van der Waals surface area contributed by atoms with E-state index in [0.29, 0.717) is 13.1 Å². The Morgan fingerprint density at radius 2 is 2.00 bits per heavy atom. The van der Waals surface area contributed by atoms with Crippen LogP contribution < -0.4 is 5.32 Å². The summed E-state index contributed by atoms with van der Waals surface area (Å²) in [6, 6.07) is 9.67. The predicted molar refractivity (Wildman–Crippen MR) is 88.3 cm³/mol. The molecule has 0 radical (unpaired) electrons. The van der Waals surface area contributed by atoms with E-state index in [4.69, 9.17) is 0 Å². The zero-order chi connectivity index (χ0) is 15.7. The van der Waals surface area contributed by atoms with Crippen LogP contribution in [0.15, 0.2) is 35.7 Å². The molecule has 2 aromatic rings. The number of likely N-dealkylation sites (tertiary alicyclic amines) is 1. The van der Waals surface area contributed by atoms with E-state index in [-0.39, 0.29) is 17.7 Å². The van der Waals surface area contributed by atoms with Gasteiger partial charge >= 0.3 is 0 Å². The van der Waals surface area contributed by atoms with Crippen LogP contribution in [-0.2, 0) is 4.79 Å². The summed E-state index contributed by atoms with van der Waals surface area (Å²) < 4.78 is 0. The van der Waals surface area contributed by atoms with Crippen LogP contribution in [0.25, 0.3) is 0 Å². The quantitative estimate of drug-likeness (QED) is 0.946. The highest BCUT2D eigenvalue weighted by Gasteiger charge is 2.36. The van der Waals surface area contributed by atoms with Gasteiger partial charge in [0.05, 0.1) is 10.8 Å².